The molecule has 0 fully saturated rings. The minimum Gasteiger partial charge on any atom is -0.310 e. The zero-order chi connectivity index (χ0) is 79.4. The molecule has 2 aliphatic heterocycles. The first-order valence-electron chi connectivity index (χ1n) is 41.3. The Kier molecular flexibility index (Phi) is 17.1. The van der Waals surface area contributed by atoms with E-state index < -0.39 is 5.41 Å². The summed E-state index contributed by atoms with van der Waals surface area (Å²) in [6.07, 6.45) is 0. The minimum atomic E-state index is -0.645. The molecule has 3 nitrogen and oxygen atoms in total. The van der Waals surface area contributed by atoms with Crippen LogP contribution in [0.25, 0.3) is 94.3 Å². The average molecular weight is 1490 g/mol. The SMILES string of the molecule is CC(C)(C)c1cc(-c2ccc3c(c2)N(c2c(-c4ccccc4)cc(C(C)(C)C)cc2-c2ccccc2)c2cc(C(C)(C)C)cc4c2B3c2ccc(-n3c5ccccc5c5c6c(ccc53)-c3ccccc3C6(c3ccccc3)c3ccccc3)cc2N4c2c(-c3ccccc3)cc(C(C)(C)C)cc2-c2ccccc2)cc(C(C)(C)C)c1. The number of hydrogen-bond acceptors (Lipinski definition) is 2. The van der Waals surface area contributed by atoms with Gasteiger partial charge in [0.1, 0.15) is 0 Å². The van der Waals surface area contributed by atoms with Crippen molar-refractivity contribution in [3.63, 3.8) is 0 Å². The molecule has 0 saturated heterocycles. The van der Waals surface area contributed by atoms with Crippen LogP contribution < -0.4 is 26.2 Å². The van der Waals surface area contributed by atoms with E-state index in [4.69, 9.17) is 0 Å². The number of fused-ring (bicyclic) bond motifs is 11. The van der Waals surface area contributed by atoms with Gasteiger partial charge in [-0.05, 0) is 205 Å². The molecule has 115 heavy (non-hydrogen) atoms. The summed E-state index contributed by atoms with van der Waals surface area (Å²) in [6.45, 7) is 35.4. The molecule has 4 heteroatoms. The van der Waals surface area contributed by atoms with Gasteiger partial charge in [0.2, 0.25) is 0 Å². The second-order valence-electron chi connectivity index (χ2n) is 37.7. The Balaban J connectivity index is 0.987. The zero-order valence-corrected chi connectivity index (χ0v) is 69.2. The van der Waals surface area contributed by atoms with Crippen LogP contribution in [-0.2, 0) is 32.5 Å². The Morgan fingerprint density at radius 1 is 0.261 bits per heavy atom. The summed E-state index contributed by atoms with van der Waals surface area (Å²) >= 11 is 0. The molecule has 3 aliphatic rings. The largest absolute Gasteiger partial charge is 0.310 e. The van der Waals surface area contributed by atoms with E-state index in [0.29, 0.717) is 0 Å². The van der Waals surface area contributed by atoms with Crippen LogP contribution in [0, 0.1) is 0 Å². The normalized spacial score (nSPS) is 13.7. The van der Waals surface area contributed by atoms with E-state index in [-0.39, 0.29) is 33.8 Å². The topological polar surface area (TPSA) is 11.4 Å². The molecule has 0 saturated carbocycles. The molecule has 0 radical (unpaired) electrons. The molecule has 19 rings (SSSR count). The molecule has 3 heterocycles. The van der Waals surface area contributed by atoms with Crippen molar-refractivity contribution in [1.29, 1.82) is 0 Å². The van der Waals surface area contributed by atoms with Gasteiger partial charge in [-0.1, -0.05) is 371 Å². The number of nitrogens with zero attached hydrogens (tertiary/aromatic N) is 3. The Labute approximate surface area is 681 Å². The fourth-order valence-electron chi connectivity index (χ4n) is 19.1. The highest BCUT2D eigenvalue weighted by atomic mass is 15.2. The molecule has 562 valence electrons. The fraction of sp³-hybridized carbons (Fsp3) is 0.189. The summed E-state index contributed by atoms with van der Waals surface area (Å²) in [7, 11) is 0. The van der Waals surface area contributed by atoms with Crippen LogP contribution in [0.3, 0.4) is 0 Å². The summed E-state index contributed by atoms with van der Waals surface area (Å²) < 4.78 is 2.61. The van der Waals surface area contributed by atoms with Gasteiger partial charge in [0.25, 0.3) is 6.71 Å². The maximum absolute atomic E-state index is 2.76. The molecule has 16 aromatic rings. The monoisotopic (exact) mass is 1490 g/mol. The van der Waals surface area contributed by atoms with Crippen LogP contribution in [0.1, 0.15) is 154 Å². The van der Waals surface area contributed by atoms with Crippen LogP contribution in [-0.4, -0.2) is 11.3 Å². The molecular formula is C111H100BN3. The van der Waals surface area contributed by atoms with Crippen LogP contribution in [0.2, 0.25) is 0 Å². The Morgan fingerprint density at radius 2 is 0.643 bits per heavy atom. The van der Waals surface area contributed by atoms with Crippen LogP contribution in [0.5, 0.6) is 0 Å². The third-order valence-corrected chi connectivity index (χ3v) is 25.2. The molecule has 0 atom stereocenters. The van der Waals surface area contributed by atoms with Gasteiger partial charge >= 0.3 is 0 Å². The van der Waals surface area contributed by atoms with Crippen molar-refractivity contribution in [1.82, 2.24) is 4.57 Å². The molecule has 0 amide bonds. The highest BCUT2D eigenvalue weighted by Gasteiger charge is 2.50. The number of hydrogen-bond donors (Lipinski definition) is 0. The minimum absolute atomic E-state index is 0.108. The van der Waals surface area contributed by atoms with Gasteiger partial charge in [0.05, 0.1) is 27.8 Å². The zero-order valence-electron chi connectivity index (χ0n) is 69.2. The predicted octanol–water partition coefficient (Wildman–Crippen LogP) is 28.1. The maximum atomic E-state index is 2.76. The van der Waals surface area contributed by atoms with Gasteiger partial charge in [0, 0.05) is 61.5 Å². The second-order valence-corrected chi connectivity index (χ2v) is 37.7. The Hall–Kier alpha value is -12.2. The van der Waals surface area contributed by atoms with Crippen LogP contribution in [0.15, 0.2) is 334 Å². The van der Waals surface area contributed by atoms with Crippen molar-refractivity contribution >= 4 is 79.0 Å². The molecule has 0 bridgehead atoms. The van der Waals surface area contributed by atoms with Gasteiger partial charge in [0.15, 0.2) is 0 Å². The van der Waals surface area contributed by atoms with Crippen molar-refractivity contribution in [2.75, 3.05) is 9.80 Å². The summed E-state index contributed by atoms with van der Waals surface area (Å²) in [5.74, 6) is 0. The Bertz CT molecular complexity index is 6320. The first kappa shape index (κ1) is 73.0. The van der Waals surface area contributed by atoms with E-state index in [1.165, 1.54) is 127 Å². The number of para-hydroxylation sites is 1. The lowest BCUT2D eigenvalue weighted by molar-refractivity contribution is 0.569. The molecular weight excluding hydrogens is 1390 g/mol. The highest BCUT2D eigenvalue weighted by Crippen LogP contribution is 2.61. The van der Waals surface area contributed by atoms with E-state index in [1.807, 2.05) is 0 Å². The average Bonchev–Trinajstić information content (AvgIpc) is 1.59. The van der Waals surface area contributed by atoms with Crippen molar-refractivity contribution in [3.8, 4) is 72.4 Å². The third kappa shape index (κ3) is 12.0. The number of aromatic nitrogens is 1. The number of rotatable bonds is 10. The van der Waals surface area contributed by atoms with Gasteiger partial charge < -0.3 is 14.4 Å². The molecule has 0 unspecified atom stereocenters. The standard InChI is InChI=1S/C111H100BN3/c1-106(2,3)79-60-76(61-80(63-79)107(4,5)6)75-54-57-93-97(62-75)114(104-88(71-38-22-16-23-39-71)64-81(108(7,8)9)65-89(104)72-40-24-17-25-41-72)99-68-83(110(13,14)15)69-100-103(99)112(93)94-58-55-84(70-98(94)115(100)105-90(73-42-26-18-27-43-73)66-82(109(10,11)12)67-91(105)74-44-28-19-29-45-74)113-95-53-37-35-51-87(95)101-96(113)59-56-86-85-50-34-36-52-92(85)111(102(86)101,77-46-30-20-31-47-77)78-48-32-21-33-49-78/h16-70H,1-15H3. The van der Waals surface area contributed by atoms with Crippen molar-refractivity contribution in [2.45, 2.75) is 136 Å². The van der Waals surface area contributed by atoms with Gasteiger partial charge in [-0.15, -0.1) is 0 Å². The lowest BCUT2D eigenvalue weighted by Gasteiger charge is -2.47. The number of benzene rings is 15. The van der Waals surface area contributed by atoms with E-state index >= 15 is 0 Å². The maximum Gasteiger partial charge on any atom is 0.252 e. The van der Waals surface area contributed by atoms with Gasteiger partial charge in [-0.25, -0.2) is 0 Å². The lowest BCUT2D eigenvalue weighted by Crippen LogP contribution is -2.61. The first-order valence-corrected chi connectivity index (χ1v) is 41.3. The molecule has 15 aromatic carbocycles. The van der Waals surface area contributed by atoms with E-state index in [2.05, 4.69) is 452 Å². The van der Waals surface area contributed by atoms with Gasteiger partial charge in [-0.3, -0.25) is 0 Å². The molecule has 0 spiro atoms. The van der Waals surface area contributed by atoms with E-state index in [9.17, 15) is 0 Å². The van der Waals surface area contributed by atoms with E-state index in [1.54, 1.807) is 0 Å². The van der Waals surface area contributed by atoms with Crippen molar-refractivity contribution < 1.29 is 0 Å². The smallest absolute Gasteiger partial charge is 0.252 e. The molecule has 1 aliphatic carbocycles. The predicted molar refractivity (Wildman–Crippen MR) is 493 cm³/mol. The molecule has 0 N–H and O–H groups in total. The first-order chi connectivity index (χ1) is 55.2. The summed E-state index contributed by atoms with van der Waals surface area (Å²) in [6, 6.07) is 129. The summed E-state index contributed by atoms with van der Waals surface area (Å²) in [4.78, 5) is 5.52. The van der Waals surface area contributed by atoms with E-state index in [0.717, 1.165) is 67.4 Å². The van der Waals surface area contributed by atoms with Crippen molar-refractivity contribution in [3.05, 3.63) is 384 Å². The molecule has 1 aromatic heterocycles. The summed E-state index contributed by atoms with van der Waals surface area (Å²) in [5, 5.41) is 2.47. The van der Waals surface area contributed by atoms with Crippen LogP contribution in [0.4, 0.5) is 34.1 Å². The van der Waals surface area contributed by atoms with Crippen LogP contribution >= 0.6 is 0 Å². The van der Waals surface area contributed by atoms with Gasteiger partial charge in [-0.2, -0.15) is 0 Å². The number of anilines is 6. The fourth-order valence-corrected chi connectivity index (χ4v) is 19.1. The lowest BCUT2D eigenvalue weighted by atomic mass is 9.33. The quantitative estimate of drug-likeness (QED) is 0.126. The van der Waals surface area contributed by atoms with Crippen molar-refractivity contribution in [2.24, 2.45) is 0 Å². The Morgan fingerprint density at radius 3 is 1.10 bits per heavy atom. The highest BCUT2D eigenvalue weighted by molar-refractivity contribution is 7.00. The third-order valence-electron chi connectivity index (χ3n) is 25.2. The summed E-state index contributed by atoms with van der Waals surface area (Å²) in [5.41, 5.74) is 38.2. The second kappa shape index (κ2) is 27.0.